The molecule has 0 fully saturated rings. The number of carbonyl (C=O) groups is 2. The van der Waals surface area contributed by atoms with Crippen molar-refractivity contribution in [3.8, 4) is 0 Å². The molecule has 0 saturated carbocycles. The fraction of sp³-hybridized carbons (Fsp3) is 0.455. The van der Waals surface area contributed by atoms with E-state index in [9.17, 15) is 4.79 Å². The maximum atomic E-state index is 11.3. The van der Waals surface area contributed by atoms with Crippen molar-refractivity contribution in [2.45, 2.75) is 25.7 Å². The van der Waals surface area contributed by atoms with Gasteiger partial charge in [-0.3, -0.25) is 4.79 Å². The minimum atomic E-state index is -0.297. The molecule has 3 N–H and O–H groups in total. The predicted molar refractivity (Wildman–Crippen MR) is 66.1 cm³/mol. The Bertz CT molecular complexity index is 388. The molecule has 1 heterocycles. The Labute approximate surface area is 98.8 Å². The molecule has 4 nitrogen and oxygen atoms in total. The van der Waals surface area contributed by atoms with Crippen molar-refractivity contribution in [2.24, 2.45) is 5.73 Å². The Hall–Kier alpha value is -1.36. The zero-order valence-electron chi connectivity index (χ0n) is 9.34. The van der Waals surface area contributed by atoms with Gasteiger partial charge in [0.15, 0.2) is 0 Å². The lowest BCUT2D eigenvalue weighted by Gasteiger charge is -2.10. The molecule has 5 heteroatoms. The van der Waals surface area contributed by atoms with Crippen LogP contribution in [0.5, 0.6) is 0 Å². The van der Waals surface area contributed by atoms with Crippen molar-refractivity contribution in [1.82, 2.24) is 0 Å². The highest BCUT2D eigenvalue weighted by Gasteiger charge is 2.22. The molecule has 0 radical (unpaired) electrons. The maximum Gasteiger partial charge on any atom is 0.251 e. The summed E-state index contributed by atoms with van der Waals surface area (Å²) in [7, 11) is 1.84. The third-order valence-corrected chi connectivity index (χ3v) is 3.95. The van der Waals surface area contributed by atoms with Crippen LogP contribution in [0.15, 0.2) is 0 Å². The molecular formula is C11H16N2O2S. The van der Waals surface area contributed by atoms with Crippen LogP contribution in [-0.4, -0.2) is 19.7 Å². The molecule has 1 aliphatic rings. The molecule has 0 atom stereocenters. The fourth-order valence-corrected chi connectivity index (χ4v) is 3.25. The van der Waals surface area contributed by atoms with E-state index >= 15 is 0 Å². The van der Waals surface area contributed by atoms with E-state index in [1.54, 1.807) is 11.3 Å². The summed E-state index contributed by atoms with van der Waals surface area (Å²) in [6.07, 6.45) is 4.51. The minimum Gasteiger partial charge on any atom is -0.379 e. The number of amides is 1. The molecule has 1 amide bonds. The molecule has 0 saturated heterocycles. The third kappa shape index (κ3) is 2.24. The number of nitrogens with two attached hydrogens (primary N) is 1. The van der Waals surface area contributed by atoms with Gasteiger partial charge in [0.2, 0.25) is 0 Å². The quantitative estimate of drug-likeness (QED) is 0.824. The van der Waals surface area contributed by atoms with Gasteiger partial charge in [-0.25, -0.2) is 0 Å². The first kappa shape index (κ1) is 12.7. The van der Waals surface area contributed by atoms with E-state index in [1.807, 2.05) is 13.8 Å². The summed E-state index contributed by atoms with van der Waals surface area (Å²) in [4.78, 5) is 20.6. The molecule has 16 heavy (non-hydrogen) atoms. The smallest absolute Gasteiger partial charge is 0.251 e. The molecular weight excluding hydrogens is 224 g/mol. The van der Waals surface area contributed by atoms with Crippen LogP contribution >= 0.6 is 11.3 Å². The number of hydrogen-bond acceptors (Lipinski definition) is 4. The minimum absolute atomic E-state index is 0.297. The lowest BCUT2D eigenvalue weighted by Crippen LogP contribution is -2.15. The van der Waals surface area contributed by atoms with Gasteiger partial charge >= 0.3 is 0 Å². The zero-order chi connectivity index (χ0) is 12.1. The van der Waals surface area contributed by atoms with Crippen LogP contribution in [0.1, 0.15) is 33.6 Å². The number of thiophene rings is 1. The Morgan fingerprint density at radius 1 is 1.38 bits per heavy atom. The summed E-state index contributed by atoms with van der Waals surface area (Å²) >= 11 is 1.68. The highest BCUT2D eigenvalue weighted by molar-refractivity contribution is 7.16. The lowest BCUT2D eigenvalue weighted by molar-refractivity contribution is -0.0979. The first-order valence-corrected chi connectivity index (χ1v) is 5.96. The van der Waals surface area contributed by atoms with Gasteiger partial charge < -0.3 is 15.8 Å². The number of anilines is 1. The standard InChI is InChI=1S/C10H14N2OS.CH2O/c1-12-10-8(9(11)13)6-4-2-3-5-7(6)14-10;1-2/h12H,2-5H2,1H3,(H2,11,13);1H2. The van der Waals surface area contributed by atoms with Crippen molar-refractivity contribution < 1.29 is 9.59 Å². The van der Waals surface area contributed by atoms with Gasteiger partial charge in [0, 0.05) is 11.9 Å². The Morgan fingerprint density at radius 2 is 2.00 bits per heavy atom. The number of nitrogens with one attached hydrogen (secondary N) is 1. The first-order chi connectivity index (χ1) is 7.74. The SMILES string of the molecule is C=O.CNc1sc2c(c1C(N)=O)CCCC2. The third-order valence-electron chi connectivity index (χ3n) is 2.64. The second-order valence-corrected chi connectivity index (χ2v) is 4.63. The molecule has 88 valence electrons. The summed E-state index contributed by atoms with van der Waals surface area (Å²) in [6.45, 7) is 2.00. The molecule has 0 aliphatic heterocycles. The van der Waals surface area contributed by atoms with E-state index in [2.05, 4.69) is 5.32 Å². The molecule has 0 aromatic carbocycles. The topological polar surface area (TPSA) is 72.2 Å². The van der Waals surface area contributed by atoms with Crippen LogP contribution < -0.4 is 11.1 Å². The molecule has 0 spiro atoms. The van der Waals surface area contributed by atoms with Gasteiger partial charge in [-0.15, -0.1) is 11.3 Å². The molecule has 1 aliphatic carbocycles. The average molecular weight is 240 g/mol. The number of fused-ring (bicyclic) bond motifs is 1. The first-order valence-electron chi connectivity index (χ1n) is 5.15. The van der Waals surface area contributed by atoms with E-state index in [-0.39, 0.29) is 5.91 Å². The van der Waals surface area contributed by atoms with E-state index in [1.165, 1.54) is 23.3 Å². The summed E-state index contributed by atoms with van der Waals surface area (Å²) in [5.41, 5.74) is 7.31. The van der Waals surface area contributed by atoms with Crippen LogP contribution in [0.2, 0.25) is 0 Å². The number of rotatable bonds is 2. The number of hydrogen-bond donors (Lipinski definition) is 2. The van der Waals surface area contributed by atoms with Crippen LogP contribution in [0.25, 0.3) is 0 Å². The summed E-state index contributed by atoms with van der Waals surface area (Å²) < 4.78 is 0. The Balaban J connectivity index is 0.000000606. The summed E-state index contributed by atoms with van der Waals surface area (Å²) in [5, 5.41) is 3.99. The normalized spacial score (nSPS) is 13.3. The Morgan fingerprint density at radius 3 is 2.56 bits per heavy atom. The van der Waals surface area contributed by atoms with Crippen molar-refractivity contribution in [3.05, 3.63) is 16.0 Å². The van der Waals surface area contributed by atoms with Crippen molar-refractivity contribution in [3.63, 3.8) is 0 Å². The lowest BCUT2D eigenvalue weighted by atomic mass is 9.95. The highest BCUT2D eigenvalue weighted by atomic mass is 32.1. The number of primary amides is 1. The van der Waals surface area contributed by atoms with Crippen molar-refractivity contribution in [2.75, 3.05) is 12.4 Å². The van der Waals surface area contributed by atoms with Crippen molar-refractivity contribution >= 4 is 29.0 Å². The van der Waals surface area contributed by atoms with E-state index < -0.39 is 0 Å². The second kappa shape index (κ2) is 5.65. The van der Waals surface area contributed by atoms with Gasteiger partial charge in [0.25, 0.3) is 5.91 Å². The van der Waals surface area contributed by atoms with Gasteiger partial charge in [0.1, 0.15) is 11.8 Å². The van der Waals surface area contributed by atoms with Crippen LogP contribution in [0, 0.1) is 0 Å². The molecule has 1 aromatic heterocycles. The summed E-state index contributed by atoms with van der Waals surface area (Å²) in [6, 6.07) is 0. The molecule has 1 aromatic rings. The maximum absolute atomic E-state index is 11.3. The number of aryl methyl sites for hydroxylation is 1. The molecule has 0 bridgehead atoms. The van der Waals surface area contributed by atoms with E-state index in [0.29, 0.717) is 0 Å². The molecule has 0 unspecified atom stereocenters. The summed E-state index contributed by atoms with van der Waals surface area (Å²) in [5.74, 6) is -0.297. The van der Waals surface area contributed by atoms with Crippen LogP contribution in [-0.2, 0) is 17.6 Å². The largest absolute Gasteiger partial charge is 0.379 e. The number of carbonyl (C=O) groups excluding carboxylic acids is 2. The highest BCUT2D eigenvalue weighted by Crippen LogP contribution is 2.37. The van der Waals surface area contributed by atoms with E-state index in [4.69, 9.17) is 10.5 Å². The average Bonchev–Trinajstić information content (AvgIpc) is 2.69. The monoisotopic (exact) mass is 240 g/mol. The van der Waals surface area contributed by atoms with Gasteiger partial charge in [-0.05, 0) is 31.2 Å². The zero-order valence-corrected chi connectivity index (χ0v) is 10.2. The Kier molecular flexibility index (Phi) is 4.49. The van der Waals surface area contributed by atoms with Gasteiger partial charge in [-0.1, -0.05) is 0 Å². The van der Waals surface area contributed by atoms with Gasteiger partial charge in [0.05, 0.1) is 5.56 Å². The second-order valence-electron chi connectivity index (χ2n) is 3.53. The van der Waals surface area contributed by atoms with Crippen LogP contribution in [0.3, 0.4) is 0 Å². The fourth-order valence-electron chi connectivity index (χ4n) is 2.00. The predicted octanol–water partition coefficient (Wildman–Crippen LogP) is 1.58. The van der Waals surface area contributed by atoms with Gasteiger partial charge in [-0.2, -0.15) is 0 Å². The van der Waals surface area contributed by atoms with E-state index in [0.717, 1.165) is 23.4 Å². The molecule has 2 rings (SSSR count). The van der Waals surface area contributed by atoms with Crippen LogP contribution in [0.4, 0.5) is 5.00 Å². The van der Waals surface area contributed by atoms with Crippen molar-refractivity contribution in [1.29, 1.82) is 0 Å².